The van der Waals surface area contributed by atoms with Crippen LogP contribution in [0.5, 0.6) is 5.75 Å². The van der Waals surface area contributed by atoms with Crippen molar-refractivity contribution < 1.29 is 4.74 Å². The molecule has 84 valence electrons. The minimum atomic E-state index is 0.273. The van der Waals surface area contributed by atoms with Crippen LogP contribution >= 0.6 is 11.3 Å². The van der Waals surface area contributed by atoms with Crippen molar-refractivity contribution in [1.82, 2.24) is 5.32 Å². The van der Waals surface area contributed by atoms with Gasteiger partial charge in [0.2, 0.25) is 0 Å². The zero-order chi connectivity index (χ0) is 11.3. The molecular formula is C12H19NOS. The topological polar surface area (TPSA) is 21.3 Å². The molecule has 0 amide bonds. The molecule has 0 aromatic carbocycles. The summed E-state index contributed by atoms with van der Waals surface area (Å²) < 4.78 is 5.34. The van der Waals surface area contributed by atoms with Gasteiger partial charge in [-0.1, -0.05) is 18.6 Å². The molecule has 0 saturated carbocycles. The smallest absolute Gasteiger partial charge is 0.134 e. The van der Waals surface area contributed by atoms with Gasteiger partial charge in [-0.15, -0.1) is 11.3 Å². The first-order valence-electron chi connectivity index (χ1n) is 5.18. The second-order valence-corrected chi connectivity index (χ2v) is 4.58. The molecule has 0 aliphatic heterocycles. The van der Waals surface area contributed by atoms with Crippen LogP contribution in [0, 0.1) is 0 Å². The Balaban J connectivity index is 2.93. The number of allylic oxidation sites excluding steroid dienone is 1. The summed E-state index contributed by atoms with van der Waals surface area (Å²) in [6.45, 7) is 7.30. The average molecular weight is 225 g/mol. The van der Waals surface area contributed by atoms with Crippen LogP contribution in [0.25, 0.3) is 0 Å². The van der Waals surface area contributed by atoms with E-state index < -0.39 is 0 Å². The zero-order valence-corrected chi connectivity index (χ0v) is 10.6. The molecule has 15 heavy (non-hydrogen) atoms. The van der Waals surface area contributed by atoms with E-state index >= 15 is 0 Å². The van der Waals surface area contributed by atoms with Crippen LogP contribution in [0.1, 0.15) is 31.7 Å². The van der Waals surface area contributed by atoms with Crippen LogP contribution in [-0.2, 0) is 0 Å². The van der Waals surface area contributed by atoms with Crippen LogP contribution in [0.4, 0.5) is 0 Å². The summed E-state index contributed by atoms with van der Waals surface area (Å²) in [5.41, 5.74) is 1.32. The van der Waals surface area contributed by atoms with Gasteiger partial charge in [0.15, 0.2) is 0 Å². The van der Waals surface area contributed by atoms with E-state index in [0.717, 1.165) is 12.3 Å². The third-order valence-electron chi connectivity index (χ3n) is 2.08. The third-order valence-corrected chi connectivity index (χ3v) is 3.06. The molecule has 1 heterocycles. The van der Waals surface area contributed by atoms with Crippen LogP contribution in [0.3, 0.4) is 0 Å². The van der Waals surface area contributed by atoms with Gasteiger partial charge in [-0.2, -0.15) is 0 Å². The van der Waals surface area contributed by atoms with Crippen LogP contribution < -0.4 is 10.1 Å². The van der Waals surface area contributed by atoms with Crippen LogP contribution in [0.2, 0.25) is 0 Å². The van der Waals surface area contributed by atoms with Gasteiger partial charge >= 0.3 is 0 Å². The molecule has 3 heteroatoms. The zero-order valence-electron chi connectivity index (χ0n) is 9.83. The fourth-order valence-corrected chi connectivity index (χ4v) is 2.39. The van der Waals surface area contributed by atoms with Gasteiger partial charge in [0, 0.05) is 0 Å². The molecule has 0 aliphatic carbocycles. The van der Waals surface area contributed by atoms with Gasteiger partial charge in [0.1, 0.15) is 5.75 Å². The molecule has 0 saturated heterocycles. The van der Waals surface area contributed by atoms with Gasteiger partial charge in [-0.3, -0.25) is 0 Å². The number of rotatable bonds is 5. The molecule has 0 aliphatic rings. The van der Waals surface area contributed by atoms with Crippen LogP contribution in [-0.4, -0.2) is 13.7 Å². The van der Waals surface area contributed by atoms with Crippen molar-refractivity contribution in [3.8, 4) is 5.75 Å². The van der Waals surface area contributed by atoms with E-state index in [4.69, 9.17) is 4.74 Å². The van der Waals surface area contributed by atoms with Crippen molar-refractivity contribution >= 4 is 11.3 Å². The van der Waals surface area contributed by atoms with Crippen molar-refractivity contribution in [2.24, 2.45) is 0 Å². The highest BCUT2D eigenvalue weighted by Crippen LogP contribution is 2.31. The van der Waals surface area contributed by atoms with Gasteiger partial charge in [0.05, 0.1) is 18.0 Å². The Hall–Kier alpha value is -0.800. The predicted octanol–water partition coefficient (Wildman–Crippen LogP) is 3.37. The molecular weight excluding hydrogens is 206 g/mol. The summed E-state index contributed by atoms with van der Waals surface area (Å²) in [6.07, 6.45) is 2.23. The summed E-state index contributed by atoms with van der Waals surface area (Å²) in [5, 5.41) is 5.51. The molecule has 1 unspecified atom stereocenters. The quantitative estimate of drug-likeness (QED) is 0.776. The van der Waals surface area contributed by atoms with Gasteiger partial charge in [-0.05, 0) is 31.8 Å². The summed E-state index contributed by atoms with van der Waals surface area (Å²) in [4.78, 5) is 1.25. The largest absolute Gasteiger partial charge is 0.496 e. The Labute approximate surface area is 96.0 Å². The molecule has 2 nitrogen and oxygen atoms in total. The number of ether oxygens (including phenoxy) is 1. The minimum absolute atomic E-state index is 0.273. The number of hydrogen-bond donors (Lipinski definition) is 1. The average Bonchev–Trinajstić information content (AvgIpc) is 2.64. The summed E-state index contributed by atoms with van der Waals surface area (Å²) in [5.74, 6) is 0.975. The summed E-state index contributed by atoms with van der Waals surface area (Å²) in [6, 6.07) is 2.29. The molecule has 1 aromatic heterocycles. The lowest BCUT2D eigenvalue weighted by Crippen LogP contribution is -2.18. The molecule has 0 spiro atoms. The molecule has 0 radical (unpaired) electrons. The minimum Gasteiger partial charge on any atom is -0.496 e. The number of thiophene rings is 1. The summed E-state index contributed by atoms with van der Waals surface area (Å²) in [7, 11) is 1.72. The van der Waals surface area contributed by atoms with Gasteiger partial charge in [0.25, 0.3) is 0 Å². The second-order valence-electron chi connectivity index (χ2n) is 3.63. The normalized spacial score (nSPS) is 12.3. The number of likely N-dealkylation sites (N-methyl/N-ethyl adjacent to an activating group) is 1. The highest BCUT2D eigenvalue weighted by atomic mass is 32.1. The highest BCUT2D eigenvalue weighted by Gasteiger charge is 2.13. The number of hydrogen-bond acceptors (Lipinski definition) is 3. The molecule has 1 rings (SSSR count). The van der Waals surface area contributed by atoms with E-state index in [9.17, 15) is 0 Å². The standard InChI is InChI=1S/C12H19NOS/c1-5-13-10(8-9(2)3)12-11(14-4)6-7-15-12/h6-8,10,13H,5H2,1-4H3. The maximum absolute atomic E-state index is 5.34. The molecule has 1 atom stereocenters. The van der Waals surface area contributed by atoms with E-state index in [2.05, 4.69) is 37.5 Å². The predicted molar refractivity (Wildman–Crippen MR) is 66.7 cm³/mol. The first-order chi connectivity index (χ1) is 7.19. The Bertz CT molecular complexity index is 326. The van der Waals surface area contributed by atoms with Crippen molar-refractivity contribution in [2.45, 2.75) is 26.8 Å². The molecule has 0 fully saturated rings. The van der Waals surface area contributed by atoms with Crippen molar-refractivity contribution in [3.63, 3.8) is 0 Å². The van der Waals surface area contributed by atoms with Gasteiger partial charge < -0.3 is 10.1 Å². The van der Waals surface area contributed by atoms with Crippen molar-refractivity contribution in [2.75, 3.05) is 13.7 Å². The van der Waals surface area contributed by atoms with Crippen molar-refractivity contribution in [1.29, 1.82) is 0 Å². The summed E-state index contributed by atoms with van der Waals surface area (Å²) >= 11 is 1.73. The fraction of sp³-hybridized carbons (Fsp3) is 0.500. The third kappa shape index (κ3) is 3.36. The van der Waals surface area contributed by atoms with E-state index in [1.54, 1.807) is 18.4 Å². The van der Waals surface area contributed by atoms with E-state index in [1.807, 2.05) is 6.07 Å². The second kappa shape index (κ2) is 5.93. The Morgan fingerprint density at radius 3 is 2.87 bits per heavy atom. The first-order valence-corrected chi connectivity index (χ1v) is 6.06. The highest BCUT2D eigenvalue weighted by molar-refractivity contribution is 7.10. The maximum Gasteiger partial charge on any atom is 0.134 e. The number of nitrogens with one attached hydrogen (secondary N) is 1. The van der Waals surface area contributed by atoms with Crippen LogP contribution in [0.15, 0.2) is 23.1 Å². The van der Waals surface area contributed by atoms with Crippen molar-refractivity contribution in [3.05, 3.63) is 28.0 Å². The maximum atomic E-state index is 5.34. The monoisotopic (exact) mass is 225 g/mol. The lowest BCUT2D eigenvalue weighted by Gasteiger charge is -2.14. The SMILES string of the molecule is CCNC(C=C(C)C)c1sccc1OC. The lowest BCUT2D eigenvalue weighted by molar-refractivity contribution is 0.408. The molecule has 1 aromatic rings. The van der Waals surface area contributed by atoms with Gasteiger partial charge in [-0.25, -0.2) is 0 Å². The number of methoxy groups -OCH3 is 1. The molecule has 1 N–H and O–H groups in total. The van der Waals surface area contributed by atoms with E-state index in [1.165, 1.54) is 10.5 Å². The Kier molecular flexibility index (Phi) is 4.85. The molecule has 0 bridgehead atoms. The Morgan fingerprint density at radius 1 is 1.60 bits per heavy atom. The Morgan fingerprint density at radius 2 is 2.33 bits per heavy atom. The first kappa shape index (κ1) is 12.3. The van der Waals surface area contributed by atoms with E-state index in [-0.39, 0.29) is 6.04 Å². The lowest BCUT2D eigenvalue weighted by atomic mass is 10.1. The fourth-order valence-electron chi connectivity index (χ4n) is 1.49. The van der Waals surface area contributed by atoms with E-state index in [0.29, 0.717) is 0 Å².